The van der Waals surface area contributed by atoms with E-state index in [4.69, 9.17) is 0 Å². The van der Waals surface area contributed by atoms with E-state index in [1.165, 1.54) is 53.2 Å². The highest BCUT2D eigenvalue weighted by atomic mass is 19.3. The molecule has 2 aromatic carbocycles. The number of rotatable bonds is 7. The molecular formula is C19H16F2N4O3. The first-order valence-electron chi connectivity index (χ1n) is 8.28. The SMILES string of the molecule is Cn1ccnc1C(=O)c1ccc(NCc2ccc(C(F)F)cc2)c([N+](=O)[O-])c1. The maximum absolute atomic E-state index is 12.6. The van der Waals surface area contributed by atoms with Crippen molar-refractivity contribution < 1.29 is 18.5 Å². The van der Waals surface area contributed by atoms with Gasteiger partial charge < -0.3 is 9.88 Å². The second kappa shape index (κ2) is 7.95. The Bertz CT molecular complexity index is 1020. The predicted octanol–water partition coefficient (Wildman–Crippen LogP) is 4.11. The Kier molecular flexibility index (Phi) is 5.44. The number of hydrogen-bond donors (Lipinski definition) is 1. The predicted molar refractivity (Wildman–Crippen MR) is 98.5 cm³/mol. The summed E-state index contributed by atoms with van der Waals surface area (Å²) in [7, 11) is 1.66. The van der Waals surface area contributed by atoms with E-state index in [9.17, 15) is 23.7 Å². The molecule has 0 aliphatic carbocycles. The molecule has 9 heteroatoms. The second-order valence-electron chi connectivity index (χ2n) is 6.08. The summed E-state index contributed by atoms with van der Waals surface area (Å²) in [6.45, 7) is 0.205. The average Bonchev–Trinajstić information content (AvgIpc) is 3.11. The minimum atomic E-state index is -2.55. The summed E-state index contributed by atoms with van der Waals surface area (Å²) in [4.78, 5) is 27.3. The minimum Gasteiger partial charge on any atom is -0.375 e. The molecule has 0 aliphatic rings. The molecular weight excluding hydrogens is 370 g/mol. The Labute approximate surface area is 158 Å². The maximum atomic E-state index is 12.6. The third-order valence-electron chi connectivity index (χ3n) is 4.20. The molecule has 0 spiro atoms. The van der Waals surface area contributed by atoms with Crippen LogP contribution >= 0.6 is 0 Å². The summed E-state index contributed by atoms with van der Waals surface area (Å²) in [6, 6.07) is 9.79. The van der Waals surface area contributed by atoms with Gasteiger partial charge in [-0.25, -0.2) is 13.8 Å². The molecule has 144 valence electrons. The largest absolute Gasteiger partial charge is 0.375 e. The number of nitro groups is 1. The van der Waals surface area contributed by atoms with Crippen molar-refractivity contribution in [2.45, 2.75) is 13.0 Å². The zero-order valence-electron chi connectivity index (χ0n) is 14.8. The van der Waals surface area contributed by atoms with Crippen molar-refractivity contribution in [1.82, 2.24) is 9.55 Å². The zero-order valence-corrected chi connectivity index (χ0v) is 14.8. The van der Waals surface area contributed by atoms with Gasteiger partial charge in [0.15, 0.2) is 5.82 Å². The molecule has 0 radical (unpaired) electrons. The van der Waals surface area contributed by atoms with Gasteiger partial charge in [-0.1, -0.05) is 24.3 Å². The van der Waals surface area contributed by atoms with Gasteiger partial charge in [-0.05, 0) is 17.7 Å². The molecule has 0 unspecified atom stereocenters. The van der Waals surface area contributed by atoms with Gasteiger partial charge in [0.1, 0.15) is 5.69 Å². The maximum Gasteiger partial charge on any atom is 0.293 e. The number of nitrogens with zero attached hydrogens (tertiary/aromatic N) is 3. The second-order valence-corrected chi connectivity index (χ2v) is 6.08. The standard InChI is InChI=1S/C19H16F2N4O3/c1-24-9-8-22-19(24)17(26)14-6-7-15(16(10-14)25(27)28)23-11-12-2-4-13(5-3-12)18(20)21/h2-10,18,23H,11H2,1H3. The third kappa shape index (κ3) is 4.03. The number of carbonyl (C=O) groups is 1. The van der Waals surface area contributed by atoms with E-state index in [-0.39, 0.29) is 34.9 Å². The molecule has 0 saturated heterocycles. The van der Waals surface area contributed by atoms with Gasteiger partial charge in [0.25, 0.3) is 12.1 Å². The van der Waals surface area contributed by atoms with Crippen LogP contribution in [0.2, 0.25) is 0 Å². The molecule has 0 saturated carbocycles. The van der Waals surface area contributed by atoms with Crippen LogP contribution in [0.5, 0.6) is 0 Å². The van der Waals surface area contributed by atoms with Crippen LogP contribution in [0.15, 0.2) is 54.9 Å². The monoisotopic (exact) mass is 386 g/mol. The highest BCUT2D eigenvalue weighted by Gasteiger charge is 2.20. The first-order valence-corrected chi connectivity index (χ1v) is 8.28. The van der Waals surface area contributed by atoms with Crippen molar-refractivity contribution in [2.24, 2.45) is 7.05 Å². The fourth-order valence-electron chi connectivity index (χ4n) is 2.67. The topological polar surface area (TPSA) is 90.1 Å². The number of carbonyl (C=O) groups excluding carboxylic acids is 1. The number of aryl methyl sites for hydroxylation is 1. The Morgan fingerprint density at radius 2 is 1.96 bits per heavy atom. The minimum absolute atomic E-state index is 0.0909. The molecule has 0 bridgehead atoms. The highest BCUT2D eigenvalue weighted by Crippen LogP contribution is 2.27. The molecule has 0 fully saturated rings. The number of imidazole rings is 1. The van der Waals surface area contributed by atoms with Crippen molar-refractivity contribution in [3.05, 3.63) is 87.5 Å². The van der Waals surface area contributed by atoms with Crippen LogP contribution in [-0.2, 0) is 13.6 Å². The van der Waals surface area contributed by atoms with Crippen LogP contribution in [0, 0.1) is 10.1 Å². The lowest BCUT2D eigenvalue weighted by atomic mass is 10.1. The van der Waals surface area contributed by atoms with Crippen molar-refractivity contribution in [3.63, 3.8) is 0 Å². The fraction of sp³-hybridized carbons (Fsp3) is 0.158. The van der Waals surface area contributed by atoms with Gasteiger partial charge >= 0.3 is 0 Å². The van der Waals surface area contributed by atoms with Crippen molar-refractivity contribution in [2.75, 3.05) is 5.32 Å². The van der Waals surface area contributed by atoms with Gasteiger partial charge in [-0.2, -0.15) is 0 Å². The highest BCUT2D eigenvalue weighted by molar-refractivity contribution is 6.07. The number of nitrogens with one attached hydrogen (secondary N) is 1. The number of aromatic nitrogens is 2. The van der Waals surface area contributed by atoms with E-state index in [1.54, 1.807) is 13.2 Å². The van der Waals surface area contributed by atoms with E-state index in [2.05, 4.69) is 10.3 Å². The molecule has 3 rings (SSSR count). The van der Waals surface area contributed by atoms with Gasteiger partial charge in [-0.15, -0.1) is 0 Å². The molecule has 0 atom stereocenters. The Balaban J connectivity index is 1.80. The summed E-state index contributed by atoms with van der Waals surface area (Å²) >= 11 is 0. The molecule has 7 nitrogen and oxygen atoms in total. The first-order chi connectivity index (χ1) is 13.4. The lowest BCUT2D eigenvalue weighted by molar-refractivity contribution is -0.384. The molecule has 1 heterocycles. The van der Waals surface area contributed by atoms with Crippen LogP contribution in [0.4, 0.5) is 20.2 Å². The molecule has 1 aromatic heterocycles. The Morgan fingerprint density at radius 3 is 2.54 bits per heavy atom. The number of benzene rings is 2. The normalized spacial score (nSPS) is 10.9. The summed E-state index contributed by atoms with van der Waals surface area (Å²) in [6.07, 6.45) is 0.528. The van der Waals surface area contributed by atoms with E-state index in [0.29, 0.717) is 5.56 Å². The van der Waals surface area contributed by atoms with Crippen LogP contribution in [0.3, 0.4) is 0 Å². The van der Waals surface area contributed by atoms with Crippen molar-refractivity contribution in [3.8, 4) is 0 Å². The van der Waals surface area contributed by atoms with Crippen molar-refractivity contribution >= 4 is 17.2 Å². The summed E-state index contributed by atoms with van der Waals surface area (Å²) < 4.78 is 26.7. The number of hydrogen-bond acceptors (Lipinski definition) is 5. The zero-order chi connectivity index (χ0) is 20.3. The number of anilines is 1. The summed E-state index contributed by atoms with van der Waals surface area (Å²) in [5.74, 6) is -0.251. The number of nitro benzene ring substituents is 1. The van der Waals surface area contributed by atoms with E-state index in [0.717, 1.165) is 0 Å². The average molecular weight is 386 g/mol. The van der Waals surface area contributed by atoms with Gasteiger partial charge in [0.05, 0.1) is 4.92 Å². The van der Waals surface area contributed by atoms with Gasteiger partial charge in [-0.3, -0.25) is 14.9 Å². The van der Waals surface area contributed by atoms with Crippen LogP contribution in [0.1, 0.15) is 33.7 Å². The van der Waals surface area contributed by atoms with E-state index < -0.39 is 17.1 Å². The smallest absolute Gasteiger partial charge is 0.293 e. The Morgan fingerprint density at radius 1 is 1.25 bits per heavy atom. The number of alkyl halides is 2. The fourth-order valence-corrected chi connectivity index (χ4v) is 2.67. The summed E-state index contributed by atoms with van der Waals surface area (Å²) in [5.41, 5.74) is 0.704. The molecule has 3 aromatic rings. The van der Waals surface area contributed by atoms with Gasteiger partial charge in [0, 0.05) is 43.2 Å². The number of halogens is 2. The van der Waals surface area contributed by atoms with Crippen molar-refractivity contribution in [1.29, 1.82) is 0 Å². The molecule has 28 heavy (non-hydrogen) atoms. The summed E-state index contributed by atoms with van der Waals surface area (Å²) in [5, 5.41) is 14.3. The molecule has 0 amide bonds. The van der Waals surface area contributed by atoms with Gasteiger partial charge in [0.2, 0.25) is 5.78 Å². The first kappa shape index (κ1) is 19.2. The van der Waals surface area contributed by atoms with E-state index >= 15 is 0 Å². The van der Waals surface area contributed by atoms with E-state index in [1.807, 2.05) is 0 Å². The molecule has 0 aliphatic heterocycles. The van der Waals surface area contributed by atoms with Crippen LogP contribution in [-0.4, -0.2) is 20.3 Å². The quantitative estimate of drug-likeness (QED) is 0.375. The number of ketones is 1. The third-order valence-corrected chi connectivity index (χ3v) is 4.20. The lowest BCUT2D eigenvalue weighted by Gasteiger charge is -2.09. The molecule has 1 N–H and O–H groups in total. The lowest BCUT2D eigenvalue weighted by Crippen LogP contribution is -2.10. The Hall–Kier alpha value is -3.62. The van der Waals surface area contributed by atoms with Crippen LogP contribution in [0.25, 0.3) is 0 Å². The van der Waals surface area contributed by atoms with Crippen LogP contribution < -0.4 is 5.32 Å².